The fourth-order valence-corrected chi connectivity index (χ4v) is 1.76. The van der Waals surface area contributed by atoms with Crippen LogP contribution in [-0.2, 0) is 4.79 Å². The summed E-state index contributed by atoms with van der Waals surface area (Å²) < 4.78 is 0. The van der Waals surface area contributed by atoms with Gasteiger partial charge in [-0.15, -0.1) is 0 Å². The van der Waals surface area contributed by atoms with Gasteiger partial charge < -0.3 is 15.3 Å². The van der Waals surface area contributed by atoms with E-state index in [4.69, 9.17) is 15.3 Å². The summed E-state index contributed by atoms with van der Waals surface area (Å²) >= 11 is 0. The largest absolute Gasteiger partial charge is 0.481 e. The smallest absolute Gasteiger partial charge is 0.303 e. The van der Waals surface area contributed by atoms with Crippen molar-refractivity contribution in [3.8, 4) is 0 Å². The molecule has 0 aromatic carbocycles. The van der Waals surface area contributed by atoms with Gasteiger partial charge in [0.15, 0.2) is 0 Å². The molecule has 0 saturated heterocycles. The normalized spacial score (nSPS) is 12.6. The summed E-state index contributed by atoms with van der Waals surface area (Å²) in [5.41, 5.74) is 0. The van der Waals surface area contributed by atoms with Crippen molar-refractivity contribution in [1.29, 1.82) is 0 Å². The number of carbonyl (C=O) groups is 1. The molecule has 4 nitrogen and oxygen atoms in total. The van der Waals surface area contributed by atoms with Crippen LogP contribution in [0.15, 0.2) is 0 Å². The molecule has 0 aromatic rings. The van der Waals surface area contributed by atoms with Crippen LogP contribution in [-0.4, -0.2) is 34.5 Å². The second kappa shape index (κ2) is 10.9. The van der Waals surface area contributed by atoms with E-state index in [1.54, 1.807) is 0 Å². The van der Waals surface area contributed by atoms with Crippen molar-refractivity contribution in [2.75, 3.05) is 13.2 Å². The van der Waals surface area contributed by atoms with Crippen LogP contribution < -0.4 is 0 Å². The van der Waals surface area contributed by atoms with Crippen LogP contribution in [0.3, 0.4) is 0 Å². The van der Waals surface area contributed by atoms with E-state index in [0.717, 1.165) is 44.9 Å². The zero-order valence-corrected chi connectivity index (χ0v) is 9.90. The van der Waals surface area contributed by atoms with Gasteiger partial charge in [-0.3, -0.25) is 4.79 Å². The predicted octanol–water partition coefficient (Wildman–Crippen LogP) is 1.79. The van der Waals surface area contributed by atoms with E-state index in [1.165, 1.54) is 0 Å². The van der Waals surface area contributed by atoms with E-state index in [2.05, 4.69) is 0 Å². The minimum atomic E-state index is -0.735. The molecule has 0 amide bonds. The molecule has 16 heavy (non-hydrogen) atoms. The van der Waals surface area contributed by atoms with Crippen LogP contribution in [0.25, 0.3) is 0 Å². The summed E-state index contributed by atoms with van der Waals surface area (Å²) in [4.78, 5) is 10.3. The molecule has 0 bridgehead atoms. The van der Waals surface area contributed by atoms with Gasteiger partial charge in [-0.25, -0.2) is 0 Å². The third kappa shape index (κ3) is 9.93. The highest BCUT2D eigenvalue weighted by atomic mass is 16.4. The van der Waals surface area contributed by atoms with Crippen molar-refractivity contribution in [2.45, 2.75) is 51.4 Å². The maximum atomic E-state index is 10.3. The van der Waals surface area contributed by atoms with E-state index < -0.39 is 5.97 Å². The van der Waals surface area contributed by atoms with Gasteiger partial charge in [0.1, 0.15) is 0 Å². The molecule has 0 aliphatic carbocycles. The second-order valence-electron chi connectivity index (χ2n) is 4.26. The monoisotopic (exact) mass is 232 g/mol. The number of carboxylic acid groups (broad SMARTS) is 1. The van der Waals surface area contributed by atoms with Gasteiger partial charge in [0.2, 0.25) is 0 Å². The molecule has 0 radical (unpaired) electrons. The molecule has 0 rings (SSSR count). The van der Waals surface area contributed by atoms with E-state index >= 15 is 0 Å². The summed E-state index contributed by atoms with van der Waals surface area (Å²) in [5.74, 6) is -0.418. The zero-order chi connectivity index (χ0) is 12.2. The average molecular weight is 232 g/mol. The Morgan fingerprint density at radius 2 is 1.56 bits per heavy atom. The minimum Gasteiger partial charge on any atom is -0.481 e. The molecule has 1 unspecified atom stereocenters. The maximum absolute atomic E-state index is 10.3. The zero-order valence-electron chi connectivity index (χ0n) is 9.90. The average Bonchev–Trinajstić information content (AvgIpc) is 2.26. The lowest BCUT2D eigenvalue weighted by Crippen LogP contribution is -2.06. The molecule has 0 fully saturated rings. The molecule has 0 aliphatic heterocycles. The van der Waals surface area contributed by atoms with Crippen LogP contribution >= 0.6 is 0 Å². The van der Waals surface area contributed by atoms with Gasteiger partial charge in [0, 0.05) is 19.6 Å². The summed E-state index contributed by atoms with van der Waals surface area (Å²) in [6.07, 6.45) is 6.54. The molecule has 0 saturated carbocycles. The van der Waals surface area contributed by atoms with E-state index in [-0.39, 0.29) is 19.6 Å². The first-order chi connectivity index (χ1) is 7.70. The van der Waals surface area contributed by atoms with E-state index in [9.17, 15) is 4.79 Å². The highest BCUT2D eigenvalue weighted by Crippen LogP contribution is 2.16. The van der Waals surface area contributed by atoms with Crippen LogP contribution in [0.2, 0.25) is 0 Å². The van der Waals surface area contributed by atoms with Gasteiger partial charge in [-0.05, 0) is 31.6 Å². The molecule has 0 aliphatic rings. The Bertz CT molecular complexity index is 170. The summed E-state index contributed by atoms with van der Waals surface area (Å²) in [6, 6.07) is 0. The Hall–Kier alpha value is -0.610. The lowest BCUT2D eigenvalue weighted by atomic mass is 9.96. The van der Waals surface area contributed by atoms with Crippen LogP contribution in [0.4, 0.5) is 0 Å². The van der Waals surface area contributed by atoms with E-state index in [1.807, 2.05) is 0 Å². The topological polar surface area (TPSA) is 77.8 Å². The fourth-order valence-electron chi connectivity index (χ4n) is 1.76. The van der Waals surface area contributed by atoms with Crippen LogP contribution in [0.1, 0.15) is 51.4 Å². The van der Waals surface area contributed by atoms with Crippen molar-refractivity contribution in [2.24, 2.45) is 5.92 Å². The number of aliphatic carboxylic acids is 1. The predicted molar refractivity (Wildman–Crippen MR) is 62.2 cm³/mol. The van der Waals surface area contributed by atoms with Crippen molar-refractivity contribution in [3.63, 3.8) is 0 Å². The first kappa shape index (κ1) is 15.4. The highest BCUT2D eigenvalue weighted by Gasteiger charge is 2.07. The lowest BCUT2D eigenvalue weighted by molar-refractivity contribution is -0.137. The third-order valence-corrected chi connectivity index (χ3v) is 2.78. The van der Waals surface area contributed by atoms with Gasteiger partial charge in [0.25, 0.3) is 0 Å². The molecule has 0 aromatic heterocycles. The summed E-state index contributed by atoms with van der Waals surface area (Å²) in [5, 5.41) is 26.2. The maximum Gasteiger partial charge on any atom is 0.303 e. The number of rotatable bonds is 11. The quantitative estimate of drug-likeness (QED) is 0.475. The number of aliphatic hydroxyl groups is 2. The molecule has 1 atom stereocenters. The Morgan fingerprint density at radius 3 is 2.06 bits per heavy atom. The molecule has 96 valence electrons. The highest BCUT2D eigenvalue weighted by molar-refractivity contribution is 5.66. The first-order valence-electron chi connectivity index (χ1n) is 6.14. The molecule has 0 spiro atoms. The number of hydrogen-bond donors (Lipinski definition) is 3. The third-order valence-electron chi connectivity index (χ3n) is 2.78. The Morgan fingerprint density at radius 1 is 0.938 bits per heavy atom. The summed E-state index contributed by atoms with van der Waals surface area (Å²) in [6.45, 7) is 0.418. The Labute approximate surface area is 97.3 Å². The standard InChI is InChI=1S/C12H24O4/c13-9-5-4-7-11(10-14)6-2-1-3-8-12(15)16/h11,13-14H,1-10H2,(H,15,16). The number of unbranched alkanes of at least 4 members (excludes halogenated alkanes) is 3. The van der Waals surface area contributed by atoms with Gasteiger partial charge in [-0.1, -0.05) is 19.3 Å². The Kier molecular flexibility index (Phi) is 10.5. The summed E-state index contributed by atoms with van der Waals surface area (Å²) in [7, 11) is 0. The fraction of sp³-hybridized carbons (Fsp3) is 0.917. The van der Waals surface area contributed by atoms with Crippen molar-refractivity contribution in [3.05, 3.63) is 0 Å². The molecular formula is C12H24O4. The van der Waals surface area contributed by atoms with Crippen molar-refractivity contribution >= 4 is 5.97 Å². The van der Waals surface area contributed by atoms with Crippen LogP contribution in [0.5, 0.6) is 0 Å². The van der Waals surface area contributed by atoms with Gasteiger partial charge in [0.05, 0.1) is 0 Å². The number of hydrogen-bond acceptors (Lipinski definition) is 3. The molecule has 4 heteroatoms. The lowest BCUT2D eigenvalue weighted by Gasteiger charge is -2.13. The van der Waals surface area contributed by atoms with Crippen molar-refractivity contribution < 1.29 is 20.1 Å². The SMILES string of the molecule is O=C(O)CCCCCC(CO)CCCCO. The van der Waals surface area contributed by atoms with Gasteiger partial charge in [-0.2, -0.15) is 0 Å². The first-order valence-corrected chi connectivity index (χ1v) is 6.14. The second-order valence-corrected chi connectivity index (χ2v) is 4.26. The Balaban J connectivity index is 3.36. The van der Waals surface area contributed by atoms with Crippen molar-refractivity contribution in [1.82, 2.24) is 0 Å². The van der Waals surface area contributed by atoms with Gasteiger partial charge >= 0.3 is 5.97 Å². The number of carboxylic acids is 1. The van der Waals surface area contributed by atoms with Crippen LogP contribution in [0, 0.1) is 5.92 Å². The van der Waals surface area contributed by atoms with E-state index in [0.29, 0.717) is 5.92 Å². The number of aliphatic hydroxyl groups excluding tert-OH is 2. The minimum absolute atomic E-state index is 0.199. The molecule has 0 heterocycles. The molecular weight excluding hydrogens is 208 g/mol. The molecule has 3 N–H and O–H groups in total.